The van der Waals surface area contributed by atoms with Crippen LogP contribution in [0.2, 0.25) is 0 Å². The van der Waals surface area contributed by atoms with E-state index in [0.29, 0.717) is 24.1 Å². The Hall–Kier alpha value is -1.66. The third kappa shape index (κ3) is 3.68. The summed E-state index contributed by atoms with van der Waals surface area (Å²) in [6.45, 7) is 1.65. The highest BCUT2D eigenvalue weighted by Crippen LogP contribution is 2.27. The molecule has 0 unspecified atom stereocenters. The van der Waals surface area contributed by atoms with E-state index in [1.54, 1.807) is 19.4 Å². The van der Waals surface area contributed by atoms with Gasteiger partial charge in [0.05, 0.1) is 13.7 Å². The third-order valence-electron chi connectivity index (χ3n) is 3.08. The molecule has 3 rings (SSSR count). The summed E-state index contributed by atoms with van der Waals surface area (Å²) in [4.78, 5) is 8.45. The lowest BCUT2D eigenvalue weighted by atomic mass is 10.3. The molecule has 1 saturated carbocycles. The molecule has 1 aliphatic carbocycles. The highest BCUT2D eigenvalue weighted by Gasteiger charge is 2.20. The summed E-state index contributed by atoms with van der Waals surface area (Å²) >= 11 is 0. The molecule has 0 bridgehead atoms. The summed E-state index contributed by atoms with van der Waals surface area (Å²) in [7, 11) is 1.58. The van der Waals surface area contributed by atoms with Crippen molar-refractivity contribution in [3.05, 3.63) is 24.2 Å². The van der Waals surface area contributed by atoms with Crippen LogP contribution >= 0.6 is 12.4 Å². The fourth-order valence-corrected chi connectivity index (χ4v) is 1.78. The Morgan fingerprint density at radius 1 is 1.40 bits per heavy atom. The highest BCUT2D eigenvalue weighted by molar-refractivity contribution is 5.85. The molecule has 1 aliphatic rings. The number of pyridine rings is 1. The maximum absolute atomic E-state index is 5.20. The van der Waals surface area contributed by atoms with Gasteiger partial charge in [-0.1, -0.05) is 5.16 Å². The molecule has 2 aromatic rings. The van der Waals surface area contributed by atoms with Gasteiger partial charge in [0.15, 0.2) is 0 Å². The number of halogens is 1. The maximum Gasteiger partial charge on any atom is 0.240 e. The van der Waals surface area contributed by atoms with Crippen LogP contribution in [-0.4, -0.2) is 28.8 Å². The smallest absolute Gasteiger partial charge is 0.240 e. The van der Waals surface area contributed by atoms with E-state index in [1.807, 2.05) is 6.07 Å². The zero-order valence-electron chi connectivity index (χ0n) is 11.2. The molecule has 0 aromatic carbocycles. The number of aromatic nitrogens is 3. The normalized spacial score (nSPS) is 13.8. The molecule has 1 fully saturated rings. The van der Waals surface area contributed by atoms with E-state index in [0.717, 1.165) is 18.0 Å². The Kier molecular flexibility index (Phi) is 4.92. The zero-order valence-corrected chi connectivity index (χ0v) is 12.0. The predicted octanol–water partition coefficient (Wildman–Crippen LogP) is 2.06. The first kappa shape index (κ1) is 14.7. The molecule has 0 amide bonds. The number of nitrogens with one attached hydrogen (secondary N) is 1. The van der Waals surface area contributed by atoms with Gasteiger partial charge in [-0.05, 0) is 31.4 Å². The Balaban J connectivity index is 0.00000147. The van der Waals surface area contributed by atoms with Crippen LogP contribution in [0, 0.1) is 5.92 Å². The third-order valence-corrected chi connectivity index (χ3v) is 3.08. The van der Waals surface area contributed by atoms with Gasteiger partial charge in [-0.15, -0.1) is 12.4 Å². The first-order chi connectivity index (χ1) is 9.35. The van der Waals surface area contributed by atoms with E-state index >= 15 is 0 Å². The summed E-state index contributed by atoms with van der Waals surface area (Å²) in [5.74, 6) is 2.57. The van der Waals surface area contributed by atoms with Crippen LogP contribution in [0.15, 0.2) is 22.9 Å². The zero-order chi connectivity index (χ0) is 13.1. The number of methoxy groups -OCH3 is 1. The molecule has 2 aromatic heterocycles. The second-order valence-electron chi connectivity index (χ2n) is 4.68. The Morgan fingerprint density at radius 3 is 2.90 bits per heavy atom. The van der Waals surface area contributed by atoms with Gasteiger partial charge in [0.1, 0.15) is 0 Å². The van der Waals surface area contributed by atoms with Crippen molar-refractivity contribution in [3.8, 4) is 17.3 Å². The lowest BCUT2D eigenvalue weighted by Crippen LogP contribution is -2.16. The van der Waals surface area contributed by atoms with Gasteiger partial charge >= 0.3 is 0 Å². The van der Waals surface area contributed by atoms with Crippen molar-refractivity contribution < 1.29 is 9.26 Å². The Bertz CT molecular complexity index is 540. The summed E-state index contributed by atoms with van der Waals surface area (Å²) in [6, 6.07) is 3.63. The molecule has 0 radical (unpaired) electrons. The molecule has 6 nitrogen and oxygen atoms in total. The largest absolute Gasteiger partial charge is 0.481 e. The summed E-state index contributed by atoms with van der Waals surface area (Å²) in [6.07, 6.45) is 4.34. The monoisotopic (exact) mass is 296 g/mol. The van der Waals surface area contributed by atoms with Gasteiger partial charge in [0, 0.05) is 17.8 Å². The molecule has 2 heterocycles. The van der Waals surface area contributed by atoms with Gasteiger partial charge in [0.25, 0.3) is 0 Å². The van der Waals surface area contributed by atoms with Gasteiger partial charge in [0.2, 0.25) is 17.6 Å². The average Bonchev–Trinajstić information content (AvgIpc) is 3.15. The minimum atomic E-state index is 0. The second kappa shape index (κ2) is 6.67. The summed E-state index contributed by atoms with van der Waals surface area (Å²) in [5, 5.41) is 7.26. The van der Waals surface area contributed by atoms with Gasteiger partial charge in [-0.3, -0.25) is 0 Å². The van der Waals surface area contributed by atoms with Crippen LogP contribution in [0.3, 0.4) is 0 Å². The van der Waals surface area contributed by atoms with Crippen LogP contribution in [0.4, 0.5) is 0 Å². The molecular formula is C13H17ClN4O2. The summed E-state index contributed by atoms with van der Waals surface area (Å²) in [5.41, 5.74) is 0.818. The minimum absolute atomic E-state index is 0. The first-order valence-electron chi connectivity index (χ1n) is 6.39. The fourth-order valence-electron chi connectivity index (χ4n) is 1.78. The van der Waals surface area contributed by atoms with E-state index < -0.39 is 0 Å². The maximum atomic E-state index is 5.20. The molecule has 0 saturated heterocycles. The van der Waals surface area contributed by atoms with Crippen molar-refractivity contribution >= 4 is 12.4 Å². The van der Waals surface area contributed by atoms with E-state index in [2.05, 4.69) is 20.4 Å². The number of nitrogens with zero attached hydrogens (tertiary/aromatic N) is 3. The molecule has 0 aliphatic heterocycles. The standard InChI is InChI=1S/C13H16N4O2.ClH/c1-18-11-5-4-10(7-15-11)13-16-12(19-17-13)8-14-6-9-2-3-9;/h4-5,7,9,14H,2-3,6,8H2,1H3;1H. The minimum Gasteiger partial charge on any atom is -0.481 e. The van der Waals surface area contributed by atoms with Crippen molar-refractivity contribution in [2.24, 2.45) is 5.92 Å². The Labute approximate surface area is 123 Å². The van der Waals surface area contributed by atoms with Crippen molar-refractivity contribution in [1.82, 2.24) is 20.4 Å². The predicted molar refractivity (Wildman–Crippen MR) is 75.8 cm³/mol. The topological polar surface area (TPSA) is 73.1 Å². The number of ether oxygens (including phenoxy) is 1. The lowest BCUT2D eigenvalue weighted by Gasteiger charge is -1.98. The van der Waals surface area contributed by atoms with E-state index in [9.17, 15) is 0 Å². The van der Waals surface area contributed by atoms with Crippen molar-refractivity contribution in [2.75, 3.05) is 13.7 Å². The van der Waals surface area contributed by atoms with Crippen LogP contribution in [0.5, 0.6) is 5.88 Å². The van der Waals surface area contributed by atoms with Crippen LogP contribution in [0.1, 0.15) is 18.7 Å². The van der Waals surface area contributed by atoms with Gasteiger partial charge in [-0.2, -0.15) is 4.98 Å². The molecule has 108 valence electrons. The van der Waals surface area contributed by atoms with Crippen LogP contribution < -0.4 is 10.1 Å². The summed E-state index contributed by atoms with van der Waals surface area (Å²) < 4.78 is 10.2. The van der Waals surface area contributed by atoms with Gasteiger partial charge < -0.3 is 14.6 Å². The van der Waals surface area contributed by atoms with Crippen LogP contribution in [-0.2, 0) is 6.54 Å². The quantitative estimate of drug-likeness (QED) is 0.879. The molecule has 1 N–H and O–H groups in total. The fraction of sp³-hybridized carbons (Fsp3) is 0.462. The molecule has 20 heavy (non-hydrogen) atoms. The first-order valence-corrected chi connectivity index (χ1v) is 6.39. The van der Waals surface area contributed by atoms with E-state index in [-0.39, 0.29) is 12.4 Å². The second-order valence-corrected chi connectivity index (χ2v) is 4.68. The van der Waals surface area contributed by atoms with Crippen molar-refractivity contribution in [2.45, 2.75) is 19.4 Å². The van der Waals surface area contributed by atoms with Crippen LogP contribution in [0.25, 0.3) is 11.4 Å². The molecule has 0 spiro atoms. The van der Waals surface area contributed by atoms with E-state index in [4.69, 9.17) is 9.26 Å². The van der Waals surface area contributed by atoms with Crippen molar-refractivity contribution in [3.63, 3.8) is 0 Å². The SMILES string of the molecule is COc1ccc(-c2noc(CNCC3CC3)n2)cn1.Cl. The molecule has 7 heteroatoms. The van der Waals surface area contributed by atoms with Gasteiger partial charge in [-0.25, -0.2) is 4.98 Å². The number of rotatable bonds is 6. The number of hydrogen-bond acceptors (Lipinski definition) is 6. The highest BCUT2D eigenvalue weighted by atomic mass is 35.5. The lowest BCUT2D eigenvalue weighted by molar-refractivity contribution is 0.367. The molecular weight excluding hydrogens is 280 g/mol. The average molecular weight is 297 g/mol. The van der Waals surface area contributed by atoms with E-state index in [1.165, 1.54) is 12.8 Å². The number of hydrogen-bond donors (Lipinski definition) is 1. The Morgan fingerprint density at radius 2 is 2.25 bits per heavy atom. The van der Waals surface area contributed by atoms with Crippen molar-refractivity contribution in [1.29, 1.82) is 0 Å². The molecule has 0 atom stereocenters.